The van der Waals surface area contributed by atoms with Crippen LogP contribution in [0.1, 0.15) is 44.1 Å². The van der Waals surface area contributed by atoms with Gasteiger partial charge in [0.2, 0.25) is 0 Å². The third-order valence-electron chi connectivity index (χ3n) is 8.30. The van der Waals surface area contributed by atoms with Gasteiger partial charge in [0.25, 0.3) is 10.9 Å². The van der Waals surface area contributed by atoms with Crippen molar-refractivity contribution in [2.45, 2.75) is 50.2 Å². The van der Waals surface area contributed by atoms with E-state index in [1.807, 2.05) is 64.4 Å². The number of para-hydroxylation sites is 2. The zero-order valence-electron chi connectivity index (χ0n) is 22.7. The first-order chi connectivity index (χ1) is 18.9. The lowest BCUT2D eigenvalue weighted by molar-refractivity contribution is -0.0413. The van der Waals surface area contributed by atoms with Gasteiger partial charge in [0.15, 0.2) is 0 Å². The number of piperidine rings is 1. The predicted octanol–water partition coefficient (Wildman–Crippen LogP) is 3.53. The summed E-state index contributed by atoms with van der Waals surface area (Å²) in [4.78, 5) is 29.5. The average Bonchev–Trinajstić information content (AvgIpc) is 3.39. The van der Waals surface area contributed by atoms with Crippen molar-refractivity contribution in [1.29, 1.82) is 0 Å². The van der Waals surface area contributed by atoms with Crippen molar-refractivity contribution in [2.24, 2.45) is 11.7 Å². The van der Waals surface area contributed by atoms with Crippen LogP contribution in [0.15, 0.2) is 64.2 Å². The molecule has 5 rings (SSSR count). The van der Waals surface area contributed by atoms with Crippen LogP contribution in [0.3, 0.4) is 0 Å². The summed E-state index contributed by atoms with van der Waals surface area (Å²) in [6.45, 7) is 3.06. The molecule has 208 valence electrons. The molecule has 2 fully saturated rings. The van der Waals surface area contributed by atoms with Crippen molar-refractivity contribution in [3.8, 4) is 11.5 Å². The molecule has 2 heterocycles. The van der Waals surface area contributed by atoms with Gasteiger partial charge in [-0.05, 0) is 56.7 Å². The SMILES string of the molecule is COCCCC[C@@](O)(c1ccccc1Oc1ccccc1)[C@@H]1CCCN(c2c(N3CC[C@@H](N)C3)c(=O)c2=O)C1. The molecule has 2 aliphatic heterocycles. The van der Waals surface area contributed by atoms with Crippen LogP contribution >= 0.6 is 0 Å². The maximum absolute atomic E-state index is 12.8. The molecule has 8 heteroatoms. The van der Waals surface area contributed by atoms with E-state index in [9.17, 15) is 14.7 Å². The Bertz CT molecular complexity index is 1320. The standard InChI is InChI=1S/C31H39N3O5/c1-38-19-8-7-16-31(37,25-13-5-6-14-26(25)39-24-11-3-2-4-12-24)22-10-9-17-33(20-22)27-28(30(36)29(27)35)34-18-15-23(32)21-34/h2-6,11-14,22-23,37H,7-10,15-21,32H2,1H3/t22-,23-,31+/m1/s1. The van der Waals surface area contributed by atoms with Crippen molar-refractivity contribution in [3.63, 3.8) is 0 Å². The van der Waals surface area contributed by atoms with Gasteiger partial charge in [-0.15, -0.1) is 0 Å². The summed E-state index contributed by atoms with van der Waals surface area (Å²) in [5.41, 5.74) is 5.81. The normalized spacial score (nSPS) is 21.3. The van der Waals surface area contributed by atoms with Gasteiger partial charge in [-0.25, -0.2) is 0 Å². The van der Waals surface area contributed by atoms with E-state index in [4.69, 9.17) is 15.2 Å². The minimum atomic E-state index is -1.19. The molecule has 3 atom stereocenters. The molecule has 8 nitrogen and oxygen atoms in total. The molecule has 0 radical (unpaired) electrons. The Labute approximate surface area is 229 Å². The smallest absolute Gasteiger partial charge is 0.253 e. The van der Waals surface area contributed by atoms with Gasteiger partial charge in [-0.3, -0.25) is 9.59 Å². The first-order valence-corrected chi connectivity index (χ1v) is 14.0. The number of nitrogens with two attached hydrogens (primary N) is 1. The lowest BCUT2D eigenvalue weighted by Crippen LogP contribution is -2.52. The van der Waals surface area contributed by atoms with Crippen molar-refractivity contribution in [2.75, 3.05) is 49.7 Å². The lowest BCUT2D eigenvalue weighted by Gasteiger charge is -2.44. The summed E-state index contributed by atoms with van der Waals surface area (Å²) < 4.78 is 11.5. The fourth-order valence-corrected chi connectivity index (χ4v) is 6.24. The summed E-state index contributed by atoms with van der Waals surface area (Å²) >= 11 is 0. The fraction of sp³-hybridized carbons (Fsp3) is 0.484. The van der Waals surface area contributed by atoms with Gasteiger partial charge in [0.05, 0.1) is 5.60 Å². The molecule has 2 saturated heterocycles. The summed E-state index contributed by atoms with van der Waals surface area (Å²) in [6.07, 6.45) is 4.55. The van der Waals surface area contributed by atoms with Gasteiger partial charge in [-0.1, -0.05) is 36.4 Å². The second-order valence-corrected chi connectivity index (χ2v) is 10.9. The Hall–Kier alpha value is -3.20. The van der Waals surface area contributed by atoms with E-state index in [1.165, 1.54) is 0 Å². The number of ether oxygens (including phenoxy) is 2. The maximum atomic E-state index is 12.8. The van der Waals surface area contributed by atoms with Gasteiger partial charge >= 0.3 is 0 Å². The van der Waals surface area contributed by atoms with E-state index >= 15 is 0 Å². The predicted molar refractivity (Wildman–Crippen MR) is 154 cm³/mol. The Balaban J connectivity index is 1.45. The second kappa shape index (κ2) is 11.9. The van der Waals surface area contributed by atoms with Gasteiger partial charge < -0.3 is 30.1 Å². The molecular weight excluding hydrogens is 494 g/mol. The van der Waals surface area contributed by atoms with Crippen LogP contribution in [-0.4, -0.2) is 51.0 Å². The van der Waals surface area contributed by atoms with E-state index in [0.717, 1.165) is 37.7 Å². The number of nitrogens with zero attached hydrogens (tertiary/aromatic N) is 2. The molecule has 0 saturated carbocycles. The number of anilines is 2. The molecule has 2 aliphatic rings. The summed E-state index contributed by atoms with van der Waals surface area (Å²) in [5, 5.41) is 12.5. The zero-order chi connectivity index (χ0) is 27.4. The molecular formula is C31H39N3O5. The van der Waals surface area contributed by atoms with Crippen LogP contribution in [0.2, 0.25) is 0 Å². The van der Waals surface area contributed by atoms with Crippen LogP contribution in [0.25, 0.3) is 0 Å². The fourth-order valence-electron chi connectivity index (χ4n) is 6.24. The van der Waals surface area contributed by atoms with Gasteiger partial charge in [-0.2, -0.15) is 0 Å². The molecule has 3 N–H and O–H groups in total. The van der Waals surface area contributed by atoms with Crippen molar-refractivity contribution in [1.82, 2.24) is 0 Å². The van der Waals surface area contributed by atoms with E-state index in [0.29, 0.717) is 62.1 Å². The minimum absolute atomic E-state index is 0.00895. The molecule has 0 aliphatic carbocycles. The molecule has 0 aromatic heterocycles. The number of hydrogen-bond donors (Lipinski definition) is 2. The second-order valence-electron chi connectivity index (χ2n) is 10.9. The van der Waals surface area contributed by atoms with Gasteiger partial charge in [0.1, 0.15) is 22.9 Å². The lowest BCUT2D eigenvalue weighted by atomic mass is 9.73. The van der Waals surface area contributed by atoms with E-state index in [2.05, 4.69) is 0 Å². The number of rotatable bonds is 11. The highest BCUT2D eigenvalue weighted by Crippen LogP contribution is 2.45. The monoisotopic (exact) mass is 533 g/mol. The van der Waals surface area contributed by atoms with Crippen LogP contribution in [0.5, 0.6) is 11.5 Å². The largest absolute Gasteiger partial charge is 0.457 e. The Morgan fingerprint density at radius 1 is 0.923 bits per heavy atom. The van der Waals surface area contributed by atoms with Crippen LogP contribution in [-0.2, 0) is 10.3 Å². The Kier molecular flexibility index (Phi) is 8.35. The number of hydrogen-bond acceptors (Lipinski definition) is 8. The number of unbranched alkanes of at least 4 members (excludes halogenated alkanes) is 1. The first kappa shape index (κ1) is 27.4. The Morgan fingerprint density at radius 2 is 1.62 bits per heavy atom. The molecule has 3 aromatic rings. The number of methoxy groups -OCH3 is 1. The maximum Gasteiger partial charge on any atom is 0.253 e. The van der Waals surface area contributed by atoms with Crippen molar-refractivity contribution in [3.05, 3.63) is 80.6 Å². The third kappa shape index (κ3) is 5.60. The average molecular weight is 534 g/mol. The zero-order valence-corrected chi connectivity index (χ0v) is 22.7. The number of aliphatic hydroxyl groups is 1. The van der Waals surface area contributed by atoms with Crippen molar-refractivity contribution < 1.29 is 14.6 Å². The van der Waals surface area contributed by atoms with Crippen LogP contribution < -0.4 is 31.1 Å². The number of benzene rings is 2. The topological polar surface area (TPSA) is 105 Å². The quantitative estimate of drug-likeness (QED) is 0.285. The van der Waals surface area contributed by atoms with Crippen LogP contribution in [0, 0.1) is 5.92 Å². The molecule has 0 spiro atoms. The highest BCUT2D eigenvalue weighted by Gasteiger charge is 2.44. The molecule has 0 bridgehead atoms. The molecule has 0 unspecified atom stereocenters. The summed E-state index contributed by atoms with van der Waals surface area (Å²) in [5.74, 6) is 1.16. The molecule has 39 heavy (non-hydrogen) atoms. The van der Waals surface area contributed by atoms with E-state index in [-0.39, 0.29) is 12.0 Å². The molecule has 3 aromatic carbocycles. The first-order valence-electron chi connectivity index (χ1n) is 14.0. The summed E-state index contributed by atoms with van der Waals surface area (Å²) in [7, 11) is 1.68. The highest BCUT2D eigenvalue weighted by molar-refractivity contribution is 5.77. The Morgan fingerprint density at radius 3 is 2.31 bits per heavy atom. The highest BCUT2D eigenvalue weighted by atomic mass is 16.5. The molecule has 0 amide bonds. The van der Waals surface area contributed by atoms with Crippen LogP contribution in [0.4, 0.5) is 11.4 Å². The van der Waals surface area contributed by atoms with Gasteiger partial charge in [0, 0.05) is 57.4 Å². The third-order valence-corrected chi connectivity index (χ3v) is 8.30. The summed E-state index contributed by atoms with van der Waals surface area (Å²) in [6, 6.07) is 17.3. The minimum Gasteiger partial charge on any atom is -0.457 e. The van der Waals surface area contributed by atoms with E-state index in [1.54, 1.807) is 7.11 Å². The van der Waals surface area contributed by atoms with Crippen molar-refractivity contribution >= 4 is 11.4 Å². The van der Waals surface area contributed by atoms with E-state index < -0.39 is 16.5 Å².